The molecule has 0 aliphatic heterocycles. The highest BCUT2D eigenvalue weighted by Gasteiger charge is 2.34. The Labute approximate surface area is 111 Å². The van der Waals surface area contributed by atoms with Gasteiger partial charge in [-0.2, -0.15) is 13.2 Å². The van der Waals surface area contributed by atoms with Crippen LogP contribution in [-0.4, -0.2) is 14.6 Å². The standard InChI is InChI=1S/C13H9F3N4/c14-13(15,16)10-4-2-1-3-9(10)12-19-18-11-6-5-8(17)7-20(11)12/h1-7H,17H2. The molecule has 2 heterocycles. The van der Waals surface area contributed by atoms with E-state index in [9.17, 15) is 13.2 Å². The summed E-state index contributed by atoms with van der Waals surface area (Å²) in [7, 11) is 0. The molecule has 0 atom stereocenters. The highest BCUT2D eigenvalue weighted by Crippen LogP contribution is 2.36. The van der Waals surface area contributed by atoms with Crippen LogP contribution in [0.15, 0.2) is 42.6 Å². The number of rotatable bonds is 1. The molecule has 0 saturated carbocycles. The quantitative estimate of drug-likeness (QED) is 0.744. The number of hydrogen-bond acceptors (Lipinski definition) is 3. The second-order valence-corrected chi connectivity index (χ2v) is 4.26. The normalized spacial score (nSPS) is 11.9. The zero-order chi connectivity index (χ0) is 14.3. The van der Waals surface area contributed by atoms with Gasteiger partial charge < -0.3 is 5.73 Å². The number of alkyl halides is 3. The summed E-state index contributed by atoms with van der Waals surface area (Å²) >= 11 is 0. The van der Waals surface area contributed by atoms with Crippen LogP contribution in [0.1, 0.15) is 5.56 Å². The van der Waals surface area contributed by atoms with Crippen molar-refractivity contribution in [1.82, 2.24) is 14.6 Å². The number of nitrogens with zero attached hydrogens (tertiary/aromatic N) is 3. The van der Waals surface area contributed by atoms with Crippen molar-refractivity contribution in [2.75, 3.05) is 5.73 Å². The van der Waals surface area contributed by atoms with Gasteiger partial charge in [-0.15, -0.1) is 10.2 Å². The molecular weight excluding hydrogens is 269 g/mol. The molecule has 3 aromatic rings. The van der Waals surface area contributed by atoms with Crippen LogP contribution >= 0.6 is 0 Å². The van der Waals surface area contributed by atoms with E-state index in [0.717, 1.165) is 6.07 Å². The Morgan fingerprint density at radius 3 is 2.50 bits per heavy atom. The van der Waals surface area contributed by atoms with Crippen LogP contribution in [0, 0.1) is 0 Å². The summed E-state index contributed by atoms with van der Waals surface area (Å²) in [6.07, 6.45) is -2.96. The molecule has 20 heavy (non-hydrogen) atoms. The van der Waals surface area contributed by atoms with E-state index >= 15 is 0 Å². The molecule has 0 saturated heterocycles. The van der Waals surface area contributed by atoms with Crippen molar-refractivity contribution in [3.8, 4) is 11.4 Å². The van der Waals surface area contributed by atoms with Gasteiger partial charge in [-0.1, -0.05) is 18.2 Å². The monoisotopic (exact) mass is 278 g/mol. The molecule has 0 amide bonds. The third-order valence-electron chi connectivity index (χ3n) is 2.90. The second-order valence-electron chi connectivity index (χ2n) is 4.26. The molecule has 0 radical (unpaired) electrons. The highest BCUT2D eigenvalue weighted by atomic mass is 19.4. The number of aromatic nitrogens is 3. The molecular formula is C13H9F3N4. The predicted octanol–water partition coefficient (Wildman–Crippen LogP) is 3.00. The van der Waals surface area contributed by atoms with Crippen LogP contribution in [0.3, 0.4) is 0 Å². The molecule has 2 aromatic heterocycles. The number of hydrogen-bond donors (Lipinski definition) is 1. The Bertz CT molecular complexity index is 777. The van der Waals surface area contributed by atoms with Gasteiger partial charge in [0.2, 0.25) is 0 Å². The van der Waals surface area contributed by atoms with Crippen molar-refractivity contribution in [2.45, 2.75) is 6.18 Å². The SMILES string of the molecule is Nc1ccc2nnc(-c3ccccc3C(F)(F)F)n2c1. The van der Waals surface area contributed by atoms with E-state index in [1.807, 2.05) is 0 Å². The van der Waals surface area contributed by atoms with Gasteiger partial charge in [0.25, 0.3) is 0 Å². The summed E-state index contributed by atoms with van der Waals surface area (Å²) in [6, 6.07) is 8.46. The van der Waals surface area contributed by atoms with Crippen LogP contribution in [0.25, 0.3) is 17.0 Å². The van der Waals surface area contributed by atoms with E-state index in [4.69, 9.17) is 5.73 Å². The lowest BCUT2D eigenvalue weighted by Gasteiger charge is -2.11. The molecule has 0 bridgehead atoms. The van der Waals surface area contributed by atoms with Gasteiger partial charge >= 0.3 is 6.18 Å². The van der Waals surface area contributed by atoms with Gasteiger partial charge in [0.05, 0.1) is 5.56 Å². The molecule has 102 valence electrons. The van der Waals surface area contributed by atoms with Gasteiger partial charge in [0.1, 0.15) is 0 Å². The number of nitrogens with two attached hydrogens (primary N) is 1. The van der Waals surface area contributed by atoms with Gasteiger partial charge in [0.15, 0.2) is 11.5 Å². The molecule has 7 heteroatoms. The first-order chi connectivity index (χ1) is 9.47. The van der Waals surface area contributed by atoms with Crippen LogP contribution in [-0.2, 0) is 6.18 Å². The van der Waals surface area contributed by atoms with Crippen LogP contribution in [0.4, 0.5) is 18.9 Å². The summed E-state index contributed by atoms with van der Waals surface area (Å²) in [4.78, 5) is 0. The number of pyridine rings is 1. The molecule has 3 rings (SSSR count). The predicted molar refractivity (Wildman–Crippen MR) is 67.8 cm³/mol. The van der Waals surface area contributed by atoms with Crippen molar-refractivity contribution in [3.05, 3.63) is 48.2 Å². The minimum atomic E-state index is -4.46. The second kappa shape index (κ2) is 4.22. The molecule has 2 N–H and O–H groups in total. The van der Waals surface area contributed by atoms with E-state index in [1.54, 1.807) is 12.1 Å². The lowest BCUT2D eigenvalue weighted by atomic mass is 10.1. The van der Waals surface area contributed by atoms with Crippen molar-refractivity contribution < 1.29 is 13.2 Å². The first-order valence-corrected chi connectivity index (χ1v) is 5.73. The molecule has 0 aliphatic carbocycles. The third kappa shape index (κ3) is 1.97. The number of fused-ring (bicyclic) bond motifs is 1. The minimum Gasteiger partial charge on any atom is -0.398 e. The summed E-state index contributed by atoms with van der Waals surface area (Å²) in [6.45, 7) is 0. The lowest BCUT2D eigenvalue weighted by molar-refractivity contribution is -0.137. The van der Waals surface area contributed by atoms with E-state index in [0.29, 0.717) is 11.3 Å². The third-order valence-corrected chi connectivity index (χ3v) is 2.90. The molecule has 0 spiro atoms. The van der Waals surface area contributed by atoms with Crippen LogP contribution in [0.2, 0.25) is 0 Å². The first-order valence-electron chi connectivity index (χ1n) is 5.73. The zero-order valence-corrected chi connectivity index (χ0v) is 10.1. The Kier molecular flexibility index (Phi) is 2.63. The van der Waals surface area contributed by atoms with Crippen LogP contribution < -0.4 is 5.73 Å². The summed E-state index contributed by atoms with van der Waals surface area (Å²) in [5.74, 6) is 0.111. The molecule has 4 nitrogen and oxygen atoms in total. The maximum absolute atomic E-state index is 13.0. The smallest absolute Gasteiger partial charge is 0.398 e. The minimum absolute atomic E-state index is 0.0295. The molecule has 0 fully saturated rings. The topological polar surface area (TPSA) is 56.2 Å². The average molecular weight is 278 g/mol. The Hall–Kier alpha value is -2.57. The van der Waals surface area contributed by atoms with E-state index < -0.39 is 11.7 Å². The van der Waals surface area contributed by atoms with Crippen molar-refractivity contribution >= 4 is 11.3 Å². The fraction of sp³-hybridized carbons (Fsp3) is 0.0769. The average Bonchev–Trinajstić information content (AvgIpc) is 2.80. The lowest BCUT2D eigenvalue weighted by Crippen LogP contribution is -2.08. The maximum atomic E-state index is 13.0. The fourth-order valence-corrected chi connectivity index (χ4v) is 2.02. The van der Waals surface area contributed by atoms with Crippen molar-refractivity contribution in [2.24, 2.45) is 0 Å². The van der Waals surface area contributed by atoms with Crippen molar-refractivity contribution in [3.63, 3.8) is 0 Å². The van der Waals surface area contributed by atoms with E-state index in [2.05, 4.69) is 10.2 Å². The summed E-state index contributed by atoms with van der Waals surface area (Å²) in [5, 5.41) is 7.69. The van der Waals surface area contributed by atoms with Gasteiger partial charge in [0, 0.05) is 17.4 Å². The highest BCUT2D eigenvalue weighted by molar-refractivity contribution is 5.65. The molecule has 1 aromatic carbocycles. The summed E-state index contributed by atoms with van der Waals surface area (Å²) < 4.78 is 40.6. The Morgan fingerprint density at radius 1 is 1.00 bits per heavy atom. The van der Waals surface area contributed by atoms with Gasteiger partial charge in [-0.3, -0.25) is 4.40 Å². The maximum Gasteiger partial charge on any atom is 0.417 e. The Morgan fingerprint density at radius 2 is 1.75 bits per heavy atom. The largest absolute Gasteiger partial charge is 0.417 e. The Balaban J connectivity index is 2.29. The van der Waals surface area contributed by atoms with Gasteiger partial charge in [-0.05, 0) is 18.2 Å². The zero-order valence-electron chi connectivity index (χ0n) is 10.1. The number of halogens is 3. The first kappa shape index (κ1) is 12.5. The van der Waals surface area contributed by atoms with Crippen molar-refractivity contribution in [1.29, 1.82) is 0 Å². The number of anilines is 1. The van der Waals surface area contributed by atoms with Crippen LogP contribution in [0.5, 0.6) is 0 Å². The number of nitrogen functional groups attached to an aromatic ring is 1. The fourth-order valence-electron chi connectivity index (χ4n) is 2.02. The van der Waals surface area contributed by atoms with E-state index in [-0.39, 0.29) is 11.4 Å². The number of benzene rings is 1. The van der Waals surface area contributed by atoms with Gasteiger partial charge in [-0.25, -0.2) is 0 Å². The summed E-state index contributed by atoms with van der Waals surface area (Å²) in [5.41, 5.74) is 5.73. The molecule has 0 unspecified atom stereocenters. The van der Waals surface area contributed by atoms with E-state index in [1.165, 1.54) is 28.8 Å². The molecule has 0 aliphatic rings.